The van der Waals surface area contributed by atoms with Gasteiger partial charge in [0.2, 0.25) is 5.91 Å². The molecule has 0 saturated heterocycles. The Kier molecular flexibility index (Phi) is 4.63. The number of carbonyl (C=O) groups is 1. The summed E-state index contributed by atoms with van der Waals surface area (Å²) in [6, 6.07) is 13.7. The quantitative estimate of drug-likeness (QED) is 0.719. The molecule has 1 aromatic carbocycles. The highest BCUT2D eigenvalue weighted by atomic mass is 35.5. The first kappa shape index (κ1) is 16.7. The molecule has 0 radical (unpaired) electrons. The van der Waals surface area contributed by atoms with Crippen molar-refractivity contribution in [2.45, 2.75) is 6.42 Å². The number of hydrogen-bond donors (Lipinski definition) is 1. The highest BCUT2D eigenvalue weighted by Gasteiger charge is 2.19. The second kappa shape index (κ2) is 7.22. The van der Waals surface area contributed by atoms with E-state index in [2.05, 4.69) is 16.4 Å². The van der Waals surface area contributed by atoms with Crippen LogP contribution in [0.4, 0.5) is 0 Å². The Morgan fingerprint density at radius 3 is 3.08 bits per heavy atom. The second-order valence-electron chi connectivity index (χ2n) is 6.28. The predicted octanol–water partition coefficient (Wildman–Crippen LogP) is 3.37. The van der Waals surface area contributed by atoms with Crippen LogP contribution in [-0.4, -0.2) is 28.4 Å². The van der Waals surface area contributed by atoms with Crippen molar-refractivity contribution in [2.75, 3.05) is 13.2 Å². The van der Waals surface area contributed by atoms with Gasteiger partial charge in [-0.05, 0) is 36.3 Å². The van der Waals surface area contributed by atoms with Gasteiger partial charge in [0.15, 0.2) is 5.15 Å². The molecule has 4 rings (SSSR count). The molecule has 1 aliphatic heterocycles. The van der Waals surface area contributed by atoms with Crippen LogP contribution in [0, 0.1) is 5.92 Å². The topological polar surface area (TPSA) is 55.6 Å². The van der Waals surface area contributed by atoms with Crippen LogP contribution in [-0.2, 0) is 11.2 Å². The minimum Gasteiger partial charge on any atom is -0.493 e. The van der Waals surface area contributed by atoms with Crippen LogP contribution in [0.2, 0.25) is 5.15 Å². The highest BCUT2D eigenvalue weighted by molar-refractivity contribution is 6.31. The van der Waals surface area contributed by atoms with E-state index in [4.69, 9.17) is 16.3 Å². The molecule has 0 spiro atoms. The minimum atomic E-state index is -0.161. The van der Waals surface area contributed by atoms with Gasteiger partial charge in [-0.25, -0.2) is 4.98 Å². The van der Waals surface area contributed by atoms with Gasteiger partial charge in [-0.1, -0.05) is 35.9 Å². The van der Waals surface area contributed by atoms with Crippen molar-refractivity contribution in [2.24, 2.45) is 5.92 Å². The Hall–Kier alpha value is -2.79. The molecule has 0 fully saturated rings. The maximum absolute atomic E-state index is 12.2. The van der Waals surface area contributed by atoms with Gasteiger partial charge in [0.1, 0.15) is 11.4 Å². The van der Waals surface area contributed by atoms with Crippen molar-refractivity contribution < 1.29 is 9.53 Å². The van der Waals surface area contributed by atoms with Gasteiger partial charge in [-0.15, -0.1) is 0 Å². The second-order valence-corrected chi connectivity index (χ2v) is 6.64. The van der Waals surface area contributed by atoms with Gasteiger partial charge in [-0.3, -0.25) is 9.20 Å². The Morgan fingerprint density at radius 2 is 2.15 bits per heavy atom. The molecule has 2 aromatic heterocycles. The van der Waals surface area contributed by atoms with E-state index in [0.29, 0.717) is 24.0 Å². The molecule has 1 N–H and O–H groups in total. The third-order valence-electron chi connectivity index (χ3n) is 4.44. The van der Waals surface area contributed by atoms with E-state index in [1.165, 1.54) is 11.6 Å². The van der Waals surface area contributed by atoms with Crippen molar-refractivity contribution in [1.82, 2.24) is 14.7 Å². The zero-order valence-electron chi connectivity index (χ0n) is 14.1. The average molecular weight is 368 g/mol. The first-order chi connectivity index (χ1) is 12.7. The molecule has 5 nitrogen and oxygen atoms in total. The molecule has 0 bridgehead atoms. The molecular weight excluding hydrogens is 350 g/mol. The molecular formula is C20H18ClN3O2. The van der Waals surface area contributed by atoms with Crippen LogP contribution in [0.25, 0.3) is 11.7 Å². The summed E-state index contributed by atoms with van der Waals surface area (Å²) in [5, 5.41) is 3.31. The van der Waals surface area contributed by atoms with Crippen molar-refractivity contribution >= 4 is 29.2 Å². The molecule has 26 heavy (non-hydrogen) atoms. The summed E-state index contributed by atoms with van der Waals surface area (Å²) >= 11 is 6.17. The fraction of sp³-hybridized carbons (Fsp3) is 0.200. The molecule has 132 valence electrons. The van der Waals surface area contributed by atoms with E-state index < -0.39 is 0 Å². The number of nitrogens with one attached hydrogen (secondary N) is 1. The molecule has 0 saturated carbocycles. The summed E-state index contributed by atoms with van der Waals surface area (Å²) in [6.45, 7) is 1.18. The van der Waals surface area contributed by atoms with Crippen LogP contribution >= 0.6 is 11.6 Å². The van der Waals surface area contributed by atoms with Gasteiger partial charge in [0.05, 0.1) is 12.3 Å². The zero-order valence-corrected chi connectivity index (χ0v) is 14.8. The number of nitrogens with zero attached hydrogens (tertiary/aromatic N) is 2. The predicted molar refractivity (Wildman–Crippen MR) is 101 cm³/mol. The van der Waals surface area contributed by atoms with Crippen LogP contribution in [0.15, 0.2) is 54.7 Å². The number of rotatable bonds is 4. The van der Waals surface area contributed by atoms with E-state index in [1.807, 2.05) is 47.0 Å². The van der Waals surface area contributed by atoms with Crippen molar-refractivity contribution in [1.29, 1.82) is 0 Å². The van der Waals surface area contributed by atoms with Crippen LogP contribution in [0.5, 0.6) is 5.75 Å². The third kappa shape index (κ3) is 3.44. The van der Waals surface area contributed by atoms with Gasteiger partial charge in [-0.2, -0.15) is 0 Å². The molecule has 3 heterocycles. The first-order valence-corrected chi connectivity index (χ1v) is 8.88. The number of fused-ring (bicyclic) bond motifs is 2. The standard InChI is InChI=1S/C20H18ClN3O2/c21-20-16(24-10-4-3-7-18(24)23-20)8-9-19(25)22-12-14-11-15-5-1-2-6-17(15)26-13-14/h1-10,14H,11-13H2,(H,22,25). The van der Waals surface area contributed by atoms with Crippen molar-refractivity contribution in [3.8, 4) is 5.75 Å². The van der Waals surface area contributed by atoms with E-state index >= 15 is 0 Å². The fourth-order valence-electron chi connectivity index (χ4n) is 3.12. The van der Waals surface area contributed by atoms with E-state index in [1.54, 1.807) is 6.08 Å². The van der Waals surface area contributed by atoms with E-state index in [0.717, 1.165) is 17.8 Å². The summed E-state index contributed by atoms with van der Waals surface area (Å²) in [5.41, 5.74) is 2.62. The lowest BCUT2D eigenvalue weighted by Gasteiger charge is -2.25. The van der Waals surface area contributed by atoms with Gasteiger partial charge >= 0.3 is 0 Å². The van der Waals surface area contributed by atoms with Crippen LogP contribution in [0.1, 0.15) is 11.3 Å². The number of ether oxygens (including phenoxy) is 1. The number of hydrogen-bond acceptors (Lipinski definition) is 3. The highest BCUT2D eigenvalue weighted by Crippen LogP contribution is 2.26. The fourth-order valence-corrected chi connectivity index (χ4v) is 3.36. The lowest BCUT2D eigenvalue weighted by Crippen LogP contribution is -2.33. The Morgan fingerprint density at radius 1 is 1.31 bits per heavy atom. The smallest absolute Gasteiger partial charge is 0.244 e. The lowest BCUT2D eigenvalue weighted by atomic mass is 9.97. The van der Waals surface area contributed by atoms with E-state index in [-0.39, 0.29) is 11.8 Å². The maximum atomic E-state index is 12.2. The third-order valence-corrected chi connectivity index (χ3v) is 4.71. The summed E-state index contributed by atoms with van der Waals surface area (Å²) in [7, 11) is 0. The normalized spacial score (nSPS) is 16.4. The Bertz CT molecular complexity index is 980. The molecule has 0 aliphatic carbocycles. The largest absolute Gasteiger partial charge is 0.493 e. The zero-order chi connectivity index (χ0) is 17.9. The number of imidazole rings is 1. The summed E-state index contributed by atoms with van der Waals surface area (Å²) in [5.74, 6) is 1.05. The number of para-hydroxylation sites is 1. The van der Waals surface area contributed by atoms with Gasteiger partial charge in [0, 0.05) is 24.7 Å². The lowest BCUT2D eigenvalue weighted by molar-refractivity contribution is -0.116. The number of pyridine rings is 1. The Balaban J connectivity index is 1.37. The van der Waals surface area contributed by atoms with Crippen LogP contribution < -0.4 is 10.1 Å². The molecule has 1 unspecified atom stereocenters. The number of benzene rings is 1. The first-order valence-electron chi connectivity index (χ1n) is 8.50. The molecule has 6 heteroatoms. The number of carbonyl (C=O) groups excluding carboxylic acids is 1. The molecule has 1 atom stereocenters. The van der Waals surface area contributed by atoms with Gasteiger partial charge < -0.3 is 10.1 Å². The van der Waals surface area contributed by atoms with Gasteiger partial charge in [0.25, 0.3) is 0 Å². The number of amides is 1. The molecule has 1 amide bonds. The minimum absolute atomic E-state index is 0.161. The summed E-state index contributed by atoms with van der Waals surface area (Å²) < 4.78 is 7.60. The SMILES string of the molecule is O=C(C=Cc1c(Cl)nc2ccccn12)NCC1COc2ccccc2C1. The summed E-state index contributed by atoms with van der Waals surface area (Å²) in [4.78, 5) is 16.4. The van der Waals surface area contributed by atoms with Crippen molar-refractivity contribution in [3.05, 3.63) is 71.1 Å². The molecule has 3 aromatic rings. The Labute approximate surface area is 156 Å². The van der Waals surface area contributed by atoms with Crippen LogP contribution in [0.3, 0.4) is 0 Å². The number of aromatic nitrogens is 2. The maximum Gasteiger partial charge on any atom is 0.244 e. The summed E-state index contributed by atoms with van der Waals surface area (Å²) in [6.07, 6.45) is 5.94. The molecule has 1 aliphatic rings. The number of halogens is 1. The average Bonchev–Trinajstić information content (AvgIpc) is 2.99. The van der Waals surface area contributed by atoms with E-state index in [9.17, 15) is 4.79 Å². The van der Waals surface area contributed by atoms with Crippen molar-refractivity contribution in [3.63, 3.8) is 0 Å². The monoisotopic (exact) mass is 367 g/mol.